The molecule has 6 N–H and O–H groups in total. The molecule has 0 bridgehead atoms. The van der Waals surface area contributed by atoms with Crippen LogP contribution in [-0.4, -0.2) is 55.7 Å². The standard InChI is InChI=1S/C26H24F3NO7/c27-26(28,29)12-3-1-10(2-4-12)14-5-6-16(31)19-15(14)8-11-7-13-9-17(32)20(24(30)36)23(35)25(13,37)22(34)18(11)21(19)33/h1-6,11,13,17-18,20,22,31-32,34,37H,7-9H2,(H2,30,36)/t11-,13+,17?,18?,20?,22?,25+/m1/s1. The van der Waals surface area contributed by atoms with Gasteiger partial charge in [0.15, 0.2) is 17.2 Å². The number of hydrogen-bond donors (Lipinski definition) is 5. The van der Waals surface area contributed by atoms with Gasteiger partial charge in [0.1, 0.15) is 17.8 Å². The van der Waals surface area contributed by atoms with Gasteiger partial charge in [0.2, 0.25) is 5.91 Å². The average Bonchev–Trinajstić information content (AvgIpc) is 2.81. The summed E-state index contributed by atoms with van der Waals surface area (Å²) in [6.07, 6.45) is -7.96. The predicted octanol–water partition coefficient (Wildman–Crippen LogP) is 1.60. The van der Waals surface area contributed by atoms with Crippen LogP contribution in [0.2, 0.25) is 0 Å². The lowest BCUT2D eigenvalue weighted by Gasteiger charge is -2.54. The van der Waals surface area contributed by atoms with Gasteiger partial charge in [-0.05, 0) is 60.1 Å². The summed E-state index contributed by atoms with van der Waals surface area (Å²) in [4.78, 5) is 38.5. The van der Waals surface area contributed by atoms with Gasteiger partial charge in [0, 0.05) is 5.92 Å². The number of rotatable bonds is 2. The number of halogens is 3. The lowest BCUT2D eigenvalue weighted by Crippen LogP contribution is -2.70. The number of phenols is 1. The van der Waals surface area contributed by atoms with E-state index in [2.05, 4.69) is 0 Å². The number of carbonyl (C=O) groups is 3. The number of benzene rings is 2. The Morgan fingerprint density at radius 3 is 2.27 bits per heavy atom. The van der Waals surface area contributed by atoms with E-state index in [1.54, 1.807) is 0 Å². The highest BCUT2D eigenvalue weighted by Gasteiger charge is 2.65. The monoisotopic (exact) mass is 519 g/mol. The highest BCUT2D eigenvalue weighted by molar-refractivity contribution is 6.09. The number of fused-ring (bicyclic) bond motifs is 3. The van der Waals surface area contributed by atoms with Gasteiger partial charge in [0.25, 0.3) is 0 Å². The Bertz CT molecular complexity index is 1310. The van der Waals surface area contributed by atoms with Gasteiger partial charge >= 0.3 is 6.18 Å². The maximum Gasteiger partial charge on any atom is 0.416 e. The predicted molar refractivity (Wildman–Crippen MR) is 121 cm³/mol. The molecule has 2 aromatic rings. The van der Waals surface area contributed by atoms with Crippen molar-refractivity contribution in [3.8, 4) is 16.9 Å². The van der Waals surface area contributed by atoms with Crippen molar-refractivity contribution in [2.75, 3.05) is 0 Å². The lowest BCUT2D eigenvalue weighted by atomic mass is 9.52. The van der Waals surface area contributed by atoms with E-state index >= 15 is 0 Å². The van der Waals surface area contributed by atoms with Crippen LogP contribution in [-0.2, 0) is 22.2 Å². The summed E-state index contributed by atoms with van der Waals surface area (Å²) in [6, 6.07) is 7.07. The minimum Gasteiger partial charge on any atom is -0.507 e. The fourth-order valence-corrected chi connectivity index (χ4v) is 6.49. The molecule has 4 unspecified atom stereocenters. The summed E-state index contributed by atoms with van der Waals surface area (Å²) >= 11 is 0. The fraction of sp³-hybridized carbons (Fsp3) is 0.423. The summed E-state index contributed by atoms with van der Waals surface area (Å²) in [5.41, 5.74) is 2.96. The summed E-state index contributed by atoms with van der Waals surface area (Å²) in [5, 5.41) is 43.4. The molecule has 5 rings (SSSR count). The molecule has 2 aromatic carbocycles. The van der Waals surface area contributed by atoms with Crippen molar-refractivity contribution in [1.82, 2.24) is 0 Å². The first-order chi connectivity index (χ1) is 17.3. The highest BCUT2D eigenvalue weighted by Crippen LogP contribution is 2.53. The molecule has 0 spiro atoms. The first kappa shape index (κ1) is 25.4. The fourth-order valence-electron chi connectivity index (χ4n) is 6.49. The molecule has 1 amide bonds. The van der Waals surface area contributed by atoms with E-state index in [0.717, 1.165) is 12.1 Å². The largest absolute Gasteiger partial charge is 0.507 e. The summed E-state index contributed by atoms with van der Waals surface area (Å²) in [7, 11) is 0. The van der Waals surface area contributed by atoms with E-state index in [9.17, 15) is 48.0 Å². The molecular formula is C26H24F3NO7. The Labute approximate surface area is 208 Å². The number of aliphatic hydroxyl groups excluding tert-OH is 2. The number of Topliss-reactive ketones (excluding diaryl/α,β-unsaturated/α-hetero) is 2. The summed E-state index contributed by atoms with van der Waals surface area (Å²) in [6.45, 7) is 0. The van der Waals surface area contributed by atoms with Crippen molar-refractivity contribution in [1.29, 1.82) is 0 Å². The van der Waals surface area contributed by atoms with Gasteiger partial charge in [0.05, 0.1) is 23.1 Å². The summed E-state index contributed by atoms with van der Waals surface area (Å²) < 4.78 is 39.1. The molecule has 3 aliphatic carbocycles. The second kappa shape index (κ2) is 8.37. The number of phenolic OH excluding ortho intramolecular Hbond substituents is 1. The number of hydrogen-bond acceptors (Lipinski definition) is 7. The molecule has 0 aliphatic heterocycles. The molecule has 0 aromatic heterocycles. The van der Waals surface area contributed by atoms with Crippen molar-refractivity contribution in [3.05, 3.63) is 53.1 Å². The zero-order valence-corrected chi connectivity index (χ0v) is 19.3. The first-order valence-electron chi connectivity index (χ1n) is 11.8. The van der Waals surface area contributed by atoms with Gasteiger partial charge in [-0.2, -0.15) is 13.2 Å². The van der Waals surface area contributed by atoms with Crippen LogP contribution in [0.3, 0.4) is 0 Å². The molecule has 0 saturated heterocycles. The van der Waals surface area contributed by atoms with Crippen LogP contribution < -0.4 is 5.73 Å². The van der Waals surface area contributed by atoms with Crippen LogP contribution in [0.15, 0.2) is 36.4 Å². The number of ketones is 2. The van der Waals surface area contributed by atoms with E-state index in [-0.39, 0.29) is 24.8 Å². The Balaban J connectivity index is 1.57. The Kier molecular flexibility index (Phi) is 5.74. The van der Waals surface area contributed by atoms with Crippen LogP contribution in [0.1, 0.15) is 34.3 Å². The van der Waals surface area contributed by atoms with Crippen LogP contribution in [0.25, 0.3) is 11.1 Å². The molecule has 3 aliphatic rings. The van der Waals surface area contributed by atoms with Gasteiger partial charge in [-0.15, -0.1) is 0 Å². The Morgan fingerprint density at radius 2 is 1.68 bits per heavy atom. The Hall–Kier alpha value is -3.28. The average molecular weight is 519 g/mol. The van der Waals surface area contributed by atoms with Crippen LogP contribution >= 0.6 is 0 Å². The molecule has 37 heavy (non-hydrogen) atoms. The van der Waals surface area contributed by atoms with E-state index < -0.39 is 76.4 Å². The third-order valence-corrected chi connectivity index (χ3v) is 8.23. The molecule has 11 heteroatoms. The minimum atomic E-state index is -4.53. The van der Waals surface area contributed by atoms with E-state index in [1.807, 2.05) is 0 Å². The van der Waals surface area contributed by atoms with Gasteiger partial charge in [-0.25, -0.2) is 0 Å². The molecule has 2 fully saturated rings. The third-order valence-electron chi connectivity index (χ3n) is 8.23. The summed E-state index contributed by atoms with van der Waals surface area (Å²) in [5.74, 6) is -8.05. The molecule has 0 heterocycles. The second-order valence-corrected chi connectivity index (χ2v) is 10.2. The Morgan fingerprint density at radius 1 is 1.03 bits per heavy atom. The number of alkyl halides is 3. The zero-order valence-electron chi connectivity index (χ0n) is 19.3. The van der Waals surface area contributed by atoms with Gasteiger partial charge in [-0.3, -0.25) is 14.4 Å². The molecule has 2 saturated carbocycles. The number of aliphatic hydroxyl groups is 3. The SMILES string of the molecule is NC(=O)C1C(=O)[C@@]2(O)C(O)C3C(=O)c4c(O)ccc(-c5ccc(C(F)(F)F)cc5)c4C[C@H]3C[C@H]2CC1O. The second-order valence-electron chi connectivity index (χ2n) is 10.2. The minimum absolute atomic E-state index is 0.0415. The normalized spacial score (nSPS) is 33.4. The maximum absolute atomic E-state index is 13.6. The van der Waals surface area contributed by atoms with Crippen LogP contribution in [0, 0.1) is 23.7 Å². The van der Waals surface area contributed by atoms with Crippen molar-refractivity contribution in [2.24, 2.45) is 29.4 Å². The number of amides is 1. The van der Waals surface area contributed by atoms with E-state index in [1.165, 1.54) is 24.3 Å². The third kappa shape index (κ3) is 3.67. The van der Waals surface area contributed by atoms with E-state index in [4.69, 9.17) is 5.73 Å². The van der Waals surface area contributed by atoms with Crippen LogP contribution in [0.5, 0.6) is 5.75 Å². The lowest BCUT2D eigenvalue weighted by molar-refractivity contribution is -0.203. The number of nitrogens with two attached hydrogens (primary N) is 1. The van der Waals surface area contributed by atoms with Crippen molar-refractivity contribution in [3.63, 3.8) is 0 Å². The van der Waals surface area contributed by atoms with Gasteiger partial charge in [-0.1, -0.05) is 18.2 Å². The van der Waals surface area contributed by atoms with Crippen molar-refractivity contribution in [2.45, 2.75) is 43.2 Å². The zero-order chi connectivity index (χ0) is 27.0. The molecule has 0 radical (unpaired) electrons. The van der Waals surface area contributed by atoms with Crippen molar-refractivity contribution >= 4 is 17.5 Å². The highest BCUT2D eigenvalue weighted by atomic mass is 19.4. The quantitative estimate of drug-likeness (QED) is 0.377. The number of aromatic hydroxyl groups is 1. The van der Waals surface area contributed by atoms with Gasteiger partial charge < -0.3 is 26.2 Å². The smallest absolute Gasteiger partial charge is 0.416 e. The number of primary amides is 1. The topological polar surface area (TPSA) is 158 Å². The maximum atomic E-state index is 13.6. The van der Waals surface area contributed by atoms with Crippen LogP contribution in [0.4, 0.5) is 13.2 Å². The molecular weight excluding hydrogens is 495 g/mol. The molecule has 8 nitrogen and oxygen atoms in total. The van der Waals surface area contributed by atoms with Crippen molar-refractivity contribution < 1.29 is 48.0 Å². The molecule has 7 atom stereocenters. The van der Waals surface area contributed by atoms with E-state index in [0.29, 0.717) is 16.7 Å². The first-order valence-corrected chi connectivity index (χ1v) is 11.8. The molecule has 196 valence electrons. The number of carbonyl (C=O) groups excluding carboxylic acids is 3.